The number of nitrogens with zero attached hydrogens (tertiary/aromatic N) is 10. The molecule has 3 aliphatic rings. The highest BCUT2D eigenvalue weighted by Crippen LogP contribution is 2.27. The van der Waals surface area contributed by atoms with Crippen molar-refractivity contribution < 1.29 is 58.4 Å². The number of benzene rings is 2. The molecule has 404 valence electrons. The number of aliphatic carboxylic acids is 2. The number of oxazole rings is 1. The van der Waals surface area contributed by atoms with Crippen molar-refractivity contribution in [2.75, 3.05) is 131 Å². The number of hydrogen-bond donors (Lipinski definition) is 6. The number of aromatic nitrogens is 3. The number of nitrogens with one attached hydrogen (secondary N) is 2. The maximum atomic E-state index is 13.6. The van der Waals surface area contributed by atoms with Gasteiger partial charge in [-0.15, -0.1) is 0 Å². The number of pyridine rings is 2. The number of aliphatic hydroxyl groups is 2. The van der Waals surface area contributed by atoms with Crippen LogP contribution in [0, 0.1) is 0 Å². The third-order valence-electron chi connectivity index (χ3n) is 14.0. The highest BCUT2D eigenvalue weighted by Gasteiger charge is 2.37. The van der Waals surface area contributed by atoms with Crippen LogP contribution >= 0.6 is 0 Å². The summed E-state index contributed by atoms with van der Waals surface area (Å²) in [6.07, 6.45) is 2.57. The molecule has 3 fully saturated rings. The molecule has 8 rings (SSSR count). The molecule has 76 heavy (non-hydrogen) atoms. The minimum atomic E-state index is -1.60. The van der Waals surface area contributed by atoms with E-state index in [4.69, 9.17) is 4.42 Å². The smallest absolute Gasteiger partial charge is 0.317 e. The summed E-state index contributed by atoms with van der Waals surface area (Å²) in [5.41, 5.74) is 3.52. The SMILES string of the molecule is O=C(O)CN1CCN(CC(=O)N2CCN(CCNC(=O)c3ccc(-c4ccc5nccc(C(=O)NCC(=O)N6CCC[C@H]6C(=O)c6nc7ccccc7o6)c5c4)cn3)CC2)CCN(CC(=O)O)CCN(CC(O)O)CC1. The molecule has 5 aromatic rings. The third kappa shape index (κ3) is 14.7. The number of rotatable bonds is 18. The first-order chi connectivity index (χ1) is 36.7. The van der Waals surface area contributed by atoms with Crippen molar-refractivity contribution in [2.24, 2.45) is 0 Å². The maximum absolute atomic E-state index is 13.6. The molecule has 0 spiro atoms. The van der Waals surface area contributed by atoms with Crippen LogP contribution in [0.4, 0.5) is 0 Å². The molecule has 4 amide bonds. The van der Waals surface area contributed by atoms with Crippen molar-refractivity contribution >= 4 is 63.4 Å². The average molecular weight is 1050 g/mol. The van der Waals surface area contributed by atoms with Crippen molar-refractivity contribution in [2.45, 2.75) is 25.2 Å². The Hall–Kier alpha value is -7.32. The Balaban J connectivity index is 0.792. The van der Waals surface area contributed by atoms with Crippen LogP contribution < -0.4 is 10.6 Å². The van der Waals surface area contributed by atoms with Gasteiger partial charge >= 0.3 is 11.9 Å². The summed E-state index contributed by atoms with van der Waals surface area (Å²) < 4.78 is 5.68. The second kappa shape index (κ2) is 26.0. The fourth-order valence-corrected chi connectivity index (χ4v) is 9.81. The number of carbonyl (C=O) groups excluding carboxylic acids is 5. The van der Waals surface area contributed by atoms with Gasteiger partial charge in [-0.2, -0.15) is 0 Å². The zero-order valence-corrected chi connectivity index (χ0v) is 42.2. The molecule has 1 atom stereocenters. The van der Waals surface area contributed by atoms with Crippen LogP contribution in [-0.4, -0.2) is 254 Å². The van der Waals surface area contributed by atoms with Crippen molar-refractivity contribution in [1.82, 2.24) is 59.9 Å². The number of hydrogen-bond acceptors (Lipinski definition) is 18. The summed E-state index contributed by atoms with van der Waals surface area (Å²) in [4.78, 5) is 116. The van der Waals surface area contributed by atoms with E-state index in [1.807, 2.05) is 11.0 Å². The molecule has 3 aromatic heterocycles. The van der Waals surface area contributed by atoms with Crippen LogP contribution in [0.15, 0.2) is 77.5 Å². The maximum Gasteiger partial charge on any atom is 0.317 e. The van der Waals surface area contributed by atoms with Crippen molar-refractivity contribution in [3.8, 4) is 11.1 Å². The van der Waals surface area contributed by atoms with E-state index in [2.05, 4.69) is 30.5 Å². The van der Waals surface area contributed by atoms with Crippen molar-refractivity contribution in [1.29, 1.82) is 0 Å². The van der Waals surface area contributed by atoms with Crippen LogP contribution in [0.25, 0.3) is 33.1 Å². The normalized spacial score (nSPS) is 18.1. The molecule has 6 heterocycles. The standard InChI is InChI=1S/C52H64N12O12/c65-44(64-14-3-5-42(64)49(73)52-57-40-4-1-2-6-43(40)76-52)30-56-50(74)37-11-12-53-39-9-7-35(28-38(37)39)36-8-10-41(55-29-36)51(75)54-13-15-58-24-26-63(27-25-58)45(66)31-59-16-18-60(32-46(67)68)20-22-62(34-48(71)72)23-21-61(19-17-59)33-47(69)70/h1-2,4,6-12,28-29,42,48,71-72H,3,5,13-27,30-34H2,(H,54,75)(H,56,74)(H,67,68)(H,69,70)/t42-/m0/s1. The van der Waals surface area contributed by atoms with Gasteiger partial charge in [0.2, 0.25) is 17.6 Å². The van der Waals surface area contributed by atoms with Gasteiger partial charge in [0, 0.05) is 128 Å². The molecule has 0 bridgehead atoms. The van der Waals surface area contributed by atoms with Gasteiger partial charge in [-0.3, -0.25) is 68.0 Å². The van der Waals surface area contributed by atoms with Crippen LogP contribution in [0.2, 0.25) is 0 Å². The summed E-state index contributed by atoms with van der Waals surface area (Å²) in [7, 11) is 0. The topological polar surface area (TPSA) is 299 Å². The highest BCUT2D eigenvalue weighted by molar-refractivity contribution is 6.08. The van der Waals surface area contributed by atoms with Gasteiger partial charge in [-0.1, -0.05) is 24.3 Å². The van der Waals surface area contributed by atoms with E-state index in [-0.39, 0.29) is 61.9 Å². The largest absolute Gasteiger partial charge is 0.480 e. The van der Waals surface area contributed by atoms with E-state index < -0.39 is 36.1 Å². The number of amides is 4. The Morgan fingerprint density at radius 1 is 0.645 bits per heavy atom. The molecule has 6 N–H and O–H groups in total. The van der Waals surface area contributed by atoms with Crippen molar-refractivity contribution in [3.05, 3.63) is 90.2 Å². The lowest BCUT2D eigenvalue weighted by Crippen LogP contribution is -2.53. The lowest BCUT2D eigenvalue weighted by molar-refractivity contribution is -0.139. The fraction of sp³-hybridized carbons (Fsp3) is 0.462. The van der Waals surface area contributed by atoms with E-state index >= 15 is 0 Å². The number of carbonyl (C=O) groups is 7. The number of carboxylic acids is 2. The molecule has 24 nitrogen and oxygen atoms in total. The fourth-order valence-electron chi connectivity index (χ4n) is 9.81. The summed E-state index contributed by atoms with van der Waals surface area (Å²) in [6.45, 7) is 5.32. The molecule has 3 saturated heterocycles. The van der Waals surface area contributed by atoms with E-state index in [9.17, 15) is 54.0 Å². The van der Waals surface area contributed by atoms with E-state index in [0.717, 1.165) is 5.56 Å². The zero-order valence-electron chi connectivity index (χ0n) is 42.2. The number of carboxylic acid groups (broad SMARTS) is 2. The van der Waals surface area contributed by atoms with E-state index in [0.29, 0.717) is 144 Å². The van der Waals surface area contributed by atoms with Crippen LogP contribution in [-0.2, 0) is 19.2 Å². The minimum Gasteiger partial charge on any atom is -0.480 e. The number of likely N-dealkylation sites (tertiary alicyclic amines) is 1. The second-order valence-corrected chi connectivity index (χ2v) is 19.2. The summed E-state index contributed by atoms with van der Waals surface area (Å²) in [5, 5.41) is 44.5. The Kier molecular flexibility index (Phi) is 18.8. The quantitative estimate of drug-likeness (QED) is 0.0481. The molecule has 0 aliphatic carbocycles. The average Bonchev–Trinajstić information content (AvgIpc) is 4.10. The lowest BCUT2D eigenvalue weighted by atomic mass is 10.0. The molecule has 0 unspecified atom stereocenters. The Bertz CT molecular complexity index is 2810. The predicted octanol–water partition coefficient (Wildman–Crippen LogP) is -0.383. The number of piperazine rings is 1. The van der Waals surface area contributed by atoms with Crippen molar-refractivity contribution in [3.63, 3.8) is 0 Å². The molecule has 24 heteroatoms. The first-order valence-corrected chi connectivity index (χ1v) is 25.5. The Morgan fingerprint density at radius 3 is 1.93 bits per heavy atom. The third-order valence-corrected chi connectivity index (χ3v) is 14.0. The van der Waals surface area contributed by atoms with Crippen LogP contribution in [0.3, 0.4) is 0 Å². The van der Waals surface area contributed by atoms with Crippen LogP contribution in [0.5, 0.6) is 0 Å². The zero-order chi connectivity index (χ0) is 53.7. The van der Waals surface area contributed by atoms with Gasteiger partial charge in [0.25, 0.3) is 17.7 Å². The van der Waals surface area contributed by atoms with Crippen LogP contribution in [0.1, 0.15) is 44.4 Å². The number of β-amino-alcohol motifs (C(OH)–C–C–N with tert-alkyl or cyclic N) is 2. The second-order valence-electron chi connectivity index (χ2n) is 19.2. The van der Waals surface area contributed by atoms with Gasteiger partial charge < -0.3 is 45.3 Å². The summed E-state index contributed by atoms with van der Waals surface area (Å²) in [6, 6.07) is 16.7. The number of para-hydroxylation sites is 2. The number of Topliss-reactive ketones (excluding diaryl/α,β-unsaturated/α-hetero) is 1. The molecule has 2 aromatic carbocycles. The number of aliphatic hydroxyl groups excluding tert-OH is 1. The van der Waals surface area contributed by atoms with Gasteiger partial charge in [-0.05, 0) is 54.8 Å². The van der Waals surface area contributed by atoms with E-state index in [1.165, 1.54) is 11.1 Å². The molecular weight excluding hydrogens is 985 g/mol. The number of ketones is 1. The van der Waals surface area contributed by atoms with E-state index in [1.54, 1.807) is 80.4 Å². The molecule has 0 saturated carbocycles. The van der Waals surface area contributed by atoms with Gasteiger partial charge in [0.1, 0.15) is 17.3 Å². The monoisotopic (exact) mass is 1050 g/mol. The molecular formula is C52H64N12O12. The first kappa shape index (κ1) is 54.9. The first-order valence-electron chi connectivity index (χ1n) is 25.5. The summed E-state index contributed by atoms with van der Waals surface area (Å²) in [5.74, 6) is -3.79. The Labute approximate surface area is 437 Å². The lowest BCUT2D eigenvalue weighted by Gasteiger charge is -2.37. The minimum absolute atomic E-state index is 0.0550. The highest BCUT2D eigenvalue weighted by atomic mass is 16.5. The summed E-state index contributed by atoms with van der Waals surface area (Å²) >= 11 is 0. The number of fused-ring (bicyclic) bond motifs is 2. The molecule has 3 aliphatic heterocycles. The van der Waals surface area contributed by atoms with Gasteiger partial charge in [-0.25, -0.2) is 4.98 Å². The molecule has 0 radical (unpaired) electrons. The Morgan fingerprint density at radius 2 is 1.29 bits per heavy atom. The predicted molar refractivity (Wildman–Crippen MR) is 275 cm³/mol. The van der Waals surface area contributed by atoms with Gasteiger partial charge in [0.15, 0.2) is 11.9 Å². The van der Waals surface area contributed by atoms with Gasteiger partial charge in [0.05, 0.1) is 37.3 Å².